The highest BCUT2D eigenvalue weighted by Crippen LogP contribution is 2.12. The molecule has 0 aliphatic carbocycles. The first-order valence-electron chi connectivity index (χ1n) is 6.25. The molecule has 0 fully saturated rings. The van der Waals surface area contributed by atoms with E-state index < -0.39 is 0 Å². The molecule has 0 atom stereocenters. The van der Waals surface area contributed by atoms with E-state index in [0.717, 1.165) is 11.3 Å². The summed E-state index contributed by atoms with van der Waals surface area (Å²) in [7, 11) is 1.96. The van der Waals surface area contributed by atoms with Gasteiger partial charge in [0.05, 0.1) is 5.69 Å². The topological polar surface area (TPSA) is 42.2 Å². The maximum Gasteiger partial charge on any atom is 0.127 e. The third-order valence-electron chi connectivity index (χ3n) is 3.02. The van der Waals surface area contributed by atoms with Gasteiger partial charge in [-0.2, -0.15) is 0 Å². The largest absolute Gasteiger partial charge is 0.325 e. The van der Waals surface area contributed by atoms with Crippen molar-refractivity contribution in [3.8, 4) is 0 Å². The molecule has 1 aromatic heterocycles. The lowest BCUT2D eigenvalue weighted by molar-refractivity contribution is 0.312. The number of benzene rings is 1. The van der Waals surface area contributed by atoms with Crippen LogP contribution in [0.5, 0.6) is 0 Å². The number of nitrogens with zero attached hydrogens (tertiary/aromatic N) is 2. The van der Waals surface area contributed by atoms with Crippen LogP contribution in [0, 0.1) is 5.82 Å². The summed E-state index contributed by atoms with van der Waals surface area (Å²) in [6.07, 6.45) is 1.74. The van der Waals surface area contributed by atoms with Gasteiger partial charge in [0.25, 0.3) is 0 Å². The SMILES string of the molecule is CN(Cc1ccccc1F)Cc1cccnc1CN. The van der Waals surface area contributed by atoms with E-state index in [0.29, 0.717) is 25.2 Å². The Hall–Kier alpha value is -1.78. The Morgan fingerprint density at radius 3 is 2.53 bits per heavy atom. The van der Waals surface area contributed by atoms with E-state index in [1.165, 1.54) is 6.07 Å². The van der Waals surface area contributed by atoms with Crippen molar-refractivity contribution in [3.05, 3.63) is 65.2 Å². The molecule has 2 aromatic rings. The molecule has 0 spiro atoms. The predicted octanol–water partition coefficient (Wildman–Crippen LogP) is 2.31. The normalized spacial score (nSPS) is 10.9. The fourth-order valence-electron chi connectivity index (χ4n) is 2.06. The van der Waals surface area contributed by atoms with Crippen LogP contribution in [0.25, 0.3) is 0 Å². The average molecular weight is 259 g/mol. The van der Waals surface area contributed by atoms with Crippen LogP contribution < -0.4 is 5.73 Å². The molecule has 100 valence electrons. The van der Waals surface area contributed by atoms with Crippen LogP contribution >= 0.6 is 0 Å². The van der Waals surface area contributed by atoms with Crippen molar-refractivity contribution >= 4 is 0 Å². The maximum absolute atomic E-state index is 13.6. The highest BCUT2D eigenvalue weighted by molar-refractivity contribution is 5.20. The van der Waals surface area contributed by atoms with Gasteiger partial charge in [-0.05, 0) is 24.7 Å². The second kappa shape index (κ2) is 6.41. The average Bonchev–Trinajstić information content (AvgIpc) is 2.42. The fourth-order valence-corrected chi connectivity index (χ4v) is 2.06. The first-order valence-corrected chi connectivity index (χ1v) is 6.25. The monoisotopic (exact) mass is 259 g/mol. The number of hydrogen-bond donors (Lipinski definition) is 1. The molecule has 0 bridgehead atoms. The first-order chi connectivity index (χ1) is 9.20. The van der Waals surface area contributed by atoms with Crippen molar-refractivity contribution in [2.24, 2.45) is 5.73 Å². The van der Waals surface area contributed by atoms with Gasteiger partial charge in [-0.1, -0.05) is 24.3 Å². The van der Waals surface area contributed by atoms with Crippen molar-refractivity contribution in [2.45, 2.75) is 19.6 Å². The number of pyridine rings is 1. The molecule has 19 heavy (non-hydrogen) atoms. The van der Waals surface area contributed by atoms with E-state index in [1.807, 2.05) is 25.2 Å². The first kappa shape index (κ1) is 13.6. The molecule has 2 rings (SSSR count). The molecule has 0 saturated heterocycles. The summed E-state index contributed by atoms with van der Waals surface area (Å²) < 4.78 is 13.6. The summed E-state index contributed by atoms with van der Waals surface area (Å²) in [6.45, 7) is 1.68. The van der Waals surface area contributed by atoms with Crippen molar-refractivity contribution in [2.75, 3.05) is 7.05 Å². The summed E-state index contributed by atoms with van der Waals surface area (Å²) in [5, 5.41) is 0. The Morgan fingerprint density at radius 1 is 1.11 bits per heavy atom. The summed E-state index contributed by atoms with van der Waals surface area (Å²) in [5.41, 5.74) is 8.34. The summed E-state index contributed by atoms with van der Waals surface area (Å²) in [5.74, 6) is -0.167. The molecule has 0 aliphatic heterocycles. The van der Waals surface area contributed by atoms with E-state index in [1.54, 1.807) is 18.3 Å². The van der Waals surface area contributed by atoms with Gasteiger partial charge in [-0.25, -0.2) is 4.39 Å². The lowest BCUT2D eigenvalue weighted by Crippen LogP contribution is -2.19. The lowest BCUT2D eigenvalue weighted by atomic mass is 10.1. The van der Waals surface area contributed by atoms with E-state index >= 15 is 0 Å². The molecular formula is C15H18FN3. The molecule has 1 aromatic carbocycles. The highest BCUT2D eigenvalue weighted by atomic mass is 19.1. The molecule has 0 saturated carbocycles. The van der Waals surface area contributed by atoms with Crippen molar-refractivity contribution in [1.29, 1.82) is 0 Å². The molecule has 0 amide bonds. The number of rotatable bonds is 5. The van der Waals surface area contributed by atoms with Gasteiger partial charge >= 0.3 is 0 Å². The standard InChI is InChI=1S/C15H18FN3/c1-19(10-12-5-2-3-7-14(12)16)11-13-6-4-8-18-15(13)9-17/h2-8H,9-11,17H2,1H3. The Morgan fingerprint density at radius 2 is 1.79 bits per heavy atom. The van der Waals surface area contributed by atoms with Crippen LogP contribution in [-0.2, 0) is 19.6 Å². The zero-order valence-electron chi connectivity index (χ0n) is 11.0. The second-order valence-corrected chi connectivity index (χ2v) is 4.58. The van der Waals surface area contributed by atoms with E-state index in [-0.39, 0.29) is 5.82 Å². The van der Waals surface area contributed by atoms with Gasteiger partial charge in [0.1, 0.15) is 5.82 Å². The van der Waals surface area contributed by atoms with Gasteiger partial charge in [0.15, 0.2) is 0 Å². The smallest absolute Gasteiger partial charge is 0.127 e. The van der Waals surface area contributed by atoms with Crippen LogP contribution in [-0.4, -0.2) is 16.9 Å². The van der Waals surface area contributed by atoms with Gasteiger partial charge in [0.2, 0.25) is 0 Å². The zero-order chi connectivity index (χ0) is 13.7. The van der Waals surface area contributed by atoms with Crippen molar-refractivity contribution < 1.29 is 4.39 Å². The zero-order valence-corrected chi connectivity index (χ0v) is 11.0. The third-order valence-corrected chi connectivity index (χ3v) is 3.02. The Kier molecular flexibility index (Phi) is 4.60. The van der Waals surface area contributed by atoms with Crippen molar-refractivity contribution in [3.63, 3.8) is 0 Å². The minimum absolute atomic E-state index is 0.167. The molecule has 0 radical (unpaired) electrons. The van der Waals surface area contributed by atoms with Gasteiger partial charge in [0, 0.05) is 31.4 Å². The maximum atomic E-state index is 13.6. The molecule has 0 unspecified atom stereocenters. The highest BCUT2D eigenvalue weighted by Gasteiger charge is 2.08. The lowest BCUT2D eigenvalue weighted by Gasteiger charge is -2.18. The summed E-state index contributed by atoms with van der Waals surface area (Å²) >= 11 is 0. The van der Waals surface area contributed by atoms with E-state index in [9.17, 15) is 4.39 Å². The number of nitrogens with two attached hydrogens (primary N) is 1. The number of halogens is 1. The van der Waals surface area contributed by atoms with Gasteiger partial charge < -0.3 is 5.73 Å². The Bertz CT molecular complexity index is 542. The molecule has 0 aliphatic rings. The summed E-state index contributed by atoms with van der Waals surface area (Å²) in [4.78, 5) is 6.30. The second-order valence-electron chi connectivity index (χ2n) is 4.58. The number of hydrogen-bond acceptors (Lipinski definition) is 3. The van der Waals surface area contributed by atoms with E-state index in [2.05, 4.69) is 9.88 Å². The molecule has 4 heteroatoms. The van der Waals surface area contributed by atoms with Crippen LogP contribution in [0.1, 0.15) is 16.8 Å². The summed E-state index contributed by atoms with van der Waals surface area (Å²) in [6, 6.07) is 10.7. The molecule has 2 N–H and O–H groups in total. The van der Waals surface area contributed by atoms with Crippen LogP contribution in [0.2, 0.25) is 0 Å². The molecule has 1 heterocycles. The van der Waals surface area contributed by atoms with Crippen molar-refractivity contribution in [1.82, 2.24) is 9.88 Å². The molecule has 3 nitrogen and oxygen atoms in total. The predicted molar refractivity (Wildman–Crippen MR) is 73.7 cm³/mol. The Labute approximate surface area is 112 Å². The quantitative estimate of drug-likeness (QED) is 0.896. The fraction of sp³-hybridized carbons (Fsp3) is 0.267. The van der Waals surface area contributed by atoms with Crippen LogP contribution in [0.4, 0.5) is 4.39 Å². The molecular weight excluding hydrogens is 241 g/mol. The van der Waals surface area contributed by atoms with Gasteiger partial charge in [-0.3, -0.25) is 9.88 Å². The number of aromatic nitrogens is 1. The van der Waals surface area contributed by atoms with Gasteiger partial charge in [-0.15, -0.1) is 0 Å². The Balaban J connectivity index is 2.05. The third kappa shape index (κ3) is 3.59. The minimum atomic E-state index is -0.167. The van der Waals surface area contributed by atoms with Crippen LogP contribution in [0.15, 0.2) is 42.6 Å². The van der Waals surface area contributed by atoms with Crippen LogP contribution in [0.3, 0.4) is 0 Å². The van der Waals surface area contributed by atoms with E-state index in [4.69, 9.17) is 5.73 Å². The minimum Gasteiger partial charge on any atom is -0.325 e.